The molecule has 6 nitrogen and oxygen atoms in total. The summed E-state index contributed by atoms with van der Waals surface area (Å²) in [6.45, 7) is 1.23. The first-order valence-corrected chi connectivity index (χ1v) is 6.18. The molecule has 1 aliphatic heterocycles. The van der Waals surface area contributed by atoms with Crippen molar-refractivity contribution >= 4 is 11.7 Å². The number of benzene rings is 1. The maximum absolute atomic E-state index is 11.3. The number of carbonyl (C=O) groups excluding carboxylic acids is 1. The molecule has 0 spiro atoms. The number of methoxy groups -OCH3 is 1. The molecule has 19 heavy (non-hydrogen) atoms. The van der Waals surface area contributed by atoms with Gasteiger partial charge in [0.05, 0.1) is 19.2 Å². The van der Waals surface area contributed by atoms with Crippen LogP contribution in [0.5, 0.6) is 0 Å². The molecule has 6 heteroatoms. The van der Waals surface area contributed by atoms with E-state index < -0.39 is 6.04 Å². The lowest BCUT2D eigenvalue weighted by Gasteiger charge is -2.30. The Kier molecular flexibility index (Phi) is 3.99. The first-order chi connectivity index (χ1) is 9.11. The number of ether oxygens (including phenoxy) is 1. The predicted octanol–water partition coefficient (Wildman–Crippen LogP) is 1.72. The van der Waals surface area contributed by atoms with E-state index in [1.807, 2.05) is 4.90 Å². The van der Waals surface area contributed by atoms with E-state index in [1.165, 1.54) is 7.11 Å². The molecule has 0 bridgehead atoms. The first kappa shape index (κ1) is 13.3. The van der Waals surface area contributed by atoms with Gasteiger partial charge in [0, 0.05) is 23.6 Å². The van der Waals surface area contributed by atoms with Crippen LogP contribution in [0, 0.1) is 10.1 Å². The molecule has 1 unspecified atom stereocenters. The predicted molar refractivity (Wildman–Crippen MR) is 70.0 cm³/mol. The Labute approximate surface area is 111 Å². The normalized spacial score (nSPS) is 19.0. The summed E-state index contributed by atoms with van der Waals surface area (Å²) in [6.07, 6.45) is 1.44. The van der Waals surface area contributed by atoms with Gasteiger partial charge in [-0.1, -0.05) is 0 Å². The van der Waals surface area contributed by atoms with Crippen molar-refractivity contribution in [2.45, 2.75) is 18.9 Å². The van der Waals surface area contributed by atoms with E-state index in [0.717, 1.165) is 18.7 Å². The molecule has 102 valence electrons. The third kappa shape index (κ3) is 3.01. The quantitative estimate of drug-likeness (QED) is 0.472. The Morgan fingerprint density at radius 2 is 2.11 bits per heavy atom. The maximum atomic E-state index is 11.3. The third-order valence-corrected chi connectivity index (χ3v) is 3.35. The van der Waals surface area contributed by atoms with Crippen LogP contribution in [-0.4, -0.2) is 37.1 Å². The highest BCUT2D eigenvalue weighted by atomic mass is 16.6. The Bertz CT molecular complexity index is 472. The lowest BCUT2D eigenvalue weighted by atomic mass is 10.1. The molecule has 2 rings (SSSR count). The van der Waals surface area contributed by atoms with Gasteiger partial charge in [0.2, 0.25) is 6.04 Å². The molecular formula is C13H16N2O4. The van der Waals surface area contributed by atoms with E-state index in [0.29, 0.717) is 18.5 Å². The van der Waals surface area contributed by atoms with Gasteiger partial charge in [-0.25, -0.2) is 4.79 Å². The summed E-state index contributed by atoms with van der Waals surface area (Å²) in [5.74, 6) is -0.381. The van der Waals surface area contributed by atoms with Crippen molar-refractivity contribution < 1.29 is 14.5 Å². The van der Waals surface area contributed by atoms with Crippen LogP contribution in [0.15, 0.2) is 24.3 Å². The minimum absolute atomic E-state index is 0.213. The summed E-state index contributed by atoms with van der Waals surface area (Å²) in [5.41, 5.74) is 1.38. The molecule has 1 fully saturated rings. The van der Waals surface area contributed by atoms with Crippen LogP contribution in [0.3, 0.4) is 0 Å². The summed E-state index contributed by atoms with van der Waals surface area (Å²) >= 11 is 0. The second-order valence-electron chi connectivity index (χ2n) is 4.57. The largest absolute Gasteiger partial charge is 0.465 e. The Balaban J connectivity index is 2.09. The number of rotatable bonds is 3. The van der Waals surface area contributed by atoms with Gasteiger partial charge in [0.1, 0.15) is 0 Å². The zero-order chi connectivity index (χ0) is 13.8. The Morgan fingerprint density at radius 1 is 1.42 bits per heavy atom. The molecule has 1 saturated heterocycles. The van der Waals surface area contributed by atoms with E-state index >= 15 is 0 Å². The van der Waals surface area contributed by atoms with Gasteiger partial charge >= 0.3 is 5.97 Å². The third-order valence-electron chi connectivity index (χ3n) is 3.35. The standard InChI is InChI=1S/C13H16N2O4/c1-19-13(16)10-4-6-11(7-5-10)14-8-2-3-12(9-14)15(17)18/h4-7,12H,2-3,8-9H2,1H3. The number of piperidine rings is 1. The van der Waals surface area contributed by atoms with Crippen LogP contribution < -0.4 is 4.90 Å². The van der Waals surface area contributed by atoms with Crippen molar-refractivity contribution in [3.05, 3.63) is 39.9 Å². The minimum Gasteiger partial charge on any atom is -0.465 e. The Hall–Kier alpha value is -2.11. The molecule has 1 aliphatic rings. The van der Waals surface area contributed by atoms with Crippen molar-refractivity contribution in [1.29, 1.82) is 0 Å². The van der Waals surface area contributed by atoms with E-state index in [2.05, 4.69) is 4.74 Å². The molecule has 1 aromatic rings. The highest BCUT2D eigenvalue weighted by Crippen LogP contribution is 2.21. The lowest BCUT2D eigenvalue weighted by molar-refractivity contribution is -0.521. The summed E-state index contributed by atoms with van der Waals surface area (Å²) in [5, 5.41) is 10.8. The second kappa shape index (κ2) is 5.69. The fourth-order valence-corrected chi connectivity index (χ4v) is 2.29. The maximum Gasteiger partial charge on any atom is 0.337 e. The van der Waals surface area contributed by atoms with Crippen LogP contribution >= 0.6 is 0 Å². The molecule has 1 heterocycles. The average molecular weight is 264 g/mol. The zero-order valence-electron chi connectivity index (χ0n) is 10.7. The van der Waals surface area contributed by atoms with E-state index in [-0.39, 0.29) is 10.9 Å². The summed E-state index contributed by atoms with van der Waals surface area (Å²) < 4.78 is 4.63. The van der Waals surface area contributed by atoms with Crippen LogP contribution in [0.4, 0.5) is 5.69 Å². The molecule has 0 amide bonds. The van der Waals surface area contributed by atoms with Crippen molar-refractivity contribution in [1.82, 2.24) is 0 Å². The number of hydrogen-bond acceptors (Lipinski definition) is 5. The fraction of sp³-hybridized carbons (Fsp3) is 0.462. The van der Waals surface area contributed by atoms with Gasteiger partial charge in [-0.15, -0.1) is 0 Å². The zero-order valence-corrected chi connectivity index (χ0v) is 10.7. The molecule has 0 N–H and O–H groups in total. The SMILES string of the molecule is COC(=O)c1ccc(N2CCCC([N+](=O)[O-])C2)cc1. The number of hydrogen-bond donors (Lipinski definition) is 0. The minimum atomic E-state index is -0.506. The van der Waals surface area contributed by atoms with E-state index in [4.69, 9.17) is 0 Å². The van der Waals surface area contributed by atoms with Crippen LogP contribution in [0.25, 0.3) is 0 Å². The summed E-state index contributed by atoms with van der Waals surface area (Å²) in [4.78, 5) is 23.9. The van der Waals surface area contributed by atoms with E-state index in [9.17, 15) is 14.9 Å². The molecule has 0 aliphatic carbocycles. The van der Waals surface area contributed by atoms with Gasteiger partial charge < -0.3 is 9.64 Å². The van der Waals surface area contributed by atoms with Crippen molar-refractivity contribution in [2.75, 3.05) is 25.1 Å². The van der Waals surface area contributed by atoms with Gasteiger partial charge in [-0.05, 0) is 30.7 Å². The lowest BCUT2D eigenvalue weighted by Crippen LogP contribution is -2.42. The van der Waals surface area contributed by atoms with Gasteiger partial charge in [-0.3, -0.25) is 10.1 Å². The first-order valence-electron chi connectivity index (χ1n) is 6.18. The highest BCUT2D eigenvalue weighted by molar-refractivity contribution is 5.89. The topological polar surface area (TPSA) is 72.7 Å². The molecule has 1 aromatic carbocycles. The molecule has 0 radical (unpaired) electrons. The van der Waals surface area contributed by atoms with Crippen molar-refractivity contribution in [3.63, 3.8) is 0 Å². The average Bonchev–Trinajstić information content (AvgIpc) is 2.46. The fourth-order valence-electron chi connectivity index (χ4n) is 2.29. The molecule has 0 saturated carbocycles. The number of esters is 1. The number of nitrogens with zero attached hydrogens (tertiary/aromatic N) is 2. The van der Waals surface area contributed by atoms with Crippen LogP contribution in [0.1, 0.15) is 23.2 Å². The number of anilines is 1. The summed E-state index contributed by atoms with van der Waals surface area (Å²) in [6, 6.07) is 6.45. The second-order valence-corrected chi connectivity index (χ2v) is 4.57. The van der Waals surface area contributed by atoms with Gasteiger partial charge in [0.25, 0.3) is 0 Å². The van der Waals surface area contributed by atoms with E-state index in [1.54, 1.807) is 24.3 Å². The van der Waals surface area contributed by atoms with Crippen LogP contribution in [-0.2, 0) is 4.74 Å². The molecular weight excluding hydrogens is 248 g/mol. The number of carbonyl (C=O) groups is 1. The summed E-state index contributed by atoms with van der Waals surface area (Å²) in [7, 11) is 1.34. The number of nitro groups is 1. The van der Waals surface area contributed by atoms with Gasteiger partial charge in [0.15, 0.2) is 0 Å². The molecule has 0 aromatic heterocycles. The van der Waals surface area contributed by atoms with Crippen LogP contribution in [0.2, 0.25) is 0 Å². The van der Waals surface area contributed by atoms with Crippen molar-refractivity contribution in [3.8, 4) is 0 Å². The highest BCUT2D eigenvalue weighted by Gasteiger charge is 2.28. The molecule has 1 atom stereocenters. The smallest absolute Gasteiger partial charge is 0.337 e. The van der Waals surface area contributed by atoms with Gasteiger partial charge in [-0.2, -0.15) is 0 Å². The monoisotopic (exact) mass is 264 g/mol. The Morgan fingerprint density at radius 3 is 2.68 bits per heavy atom. The van der Waals surface area contributed by atoms with Crippen molar-refractivity contribution in [2.24, 2.45) is 0 Å².